The van der Waals surface area contributed by atoms with Crippen molar-refractivity contribution < 1.29 is 14.3 Å². The van der Waals surface area contributed by atoms with Gasteiger partial charge < -0.3 is 9.64 Å². The molecule has 1 saturated heterocycles. The van der Waals surface area contributed by atoms with E-state index in [1.165, 1.54) is 0 Å². The minimum absolute atomic E-state index is 0.106. The fraction of sp³-hybridized carbons (Fsp3) is 0.800. The highest BCUT2D eigenvalue weighted by Crippen LogP contribution is 2.29. The van der Waals surface area contributed by atoms with Crippen LogP contribution in [-0.4, -0.2) is 36.0 Å². The molecule has 0 spiro atoms. The topological polar surface area (TPSA) is 46.6 Å². The highest BCUT2D eigenvalue weighted by atomic mass is 16.6. The van der Waals surface area contributed by atoms with E-state index in [9.17, 15) is 9.59 Å². The predicted molar refractivity (Wildman–Crippen MR) is 52.0 cm³/mol. The number of nitrogens with zero attached hydrogens (tertiary/aromatic N) is 1. The molecular weight excluding hydrogens is 182 g/mol. The molecule has 0 radical (unpaired) electrons. The Balaban J connectivity index is 2.83. The Labute approximate surface area is 84.2 Å². The summed E-state index contributed by atoms with van der Waals surface area (Å²) in [4.78, 5) is 23.8. The van der Waals surface area contributed by atoms with E-state index in [1.807, 2.05) is 27.7 Å². The van der Waals surface area contributed by atoms with Crippen molar-refractivity contribution in [1.82, 2.24) is 4.90 Å². The summed E-state index contributed by atoms with van der Waals surface area (Å²) < 4.78 is 5.04. The average molecular weight is 199 g/mol. The first-order valence-electron chi connectivity index (χ1n) is 4.81. The summed E-state index contributed by atoms with van der Waals surface area (Å²) in [5, 5.41) is 0. The lowest BCUT2D eigenvalue weighted by Gasteiger charge is -2.42. The Morgan fingerprint density at radius 2 is 2.14 bits per heavy atom. The van der Waals surface area contributed by atoms with Gasteiger partial charge in [0, 0.05) is 18.0 Å². The van der Waals surface area contributed by atoms with E-state index in [0.29, 0.717) is 12.8 Å². The number of cyclic esters (lactones) is 1. The van der Waals surface area contributed by atoms with Gasteiger partial charge >= 0.3 is 6.09 Å². The molecule has 1 amide bonds. The number of hydrogen-bond acceptors (Lipinski definition) is 3. The lowest BCUT2D eigenvalue weighted by molar-refractivity contribution is -0.127. The van der Waals surface area contributed by atoms with Gasteiger partial charge in [-0.2, -0.15) is 0 Å². The van der Waals surface area contributed by atoms with Crippen LogP contribution in [0.15, 0.2) is 0 Å². The Morgan fingerprint density at radius 3 is 2.57 bits per heavy atom. The van der Waals surface area contributed by atoms with Gasteiger partial charge in [0.05, 0.1) is 0 Å². The van der Waals surface area contributed by atoms with Crippen molar-refractivity contribution in [2.24, 2.45) is 5.41 Å². The first kappa shape index (κ1) is 11.0. The summed E-state index contributed by atoms with van der Waals surface area (Å²) >= 11 is 0. The second kappa shape index (κ2) is 3.59. The van der Waals surface area contributed by atoms with E-state index in [2.05, 4.69) is 0 Å². The number of carbonyl (C=O) groups excluding carboxylic acids is 2. The maximum Gasteiger partial charge on any atom is 0.410 e. The average Bonchev–Trinajstić information content (AvgIpc) is 2.07. The van der Waals surface area contributed by atoms with E-state index in [-0.39, 0.29) is 11.5 Å². The molecule has 1 aliphatic heterocycles. The smallest absolute Gasteiger partial charge is 0.410 e. The largest absolute Gasteiger partial charge is 0.438 e. The van der Waals surface area contributed by atoms with Gasteiger partial charge in [0.2, 0.25) is 0 Å². The normalized spacial score (nSPS) is 26.2. The monoisotopic (exact) mass is 199 g/mol. The van der Waals surface area contributed by atoms with E-state index < -0.39 is 12.2 Å². The van der Waals surface area contributed by atoms with Crippen LogP contribution in [0.1, 0.15) is 27.7 Å². The lowest BCUT2D eigenvalue weighted by Crippen LogP contribution is -2.55. The lowest BCUT2D eigenvalue weighted by atomic mass is 9.85. The Kier molecular flexibility index (Phi) is 2.83. The van der Waals surface area contributed by atoms with Crippen molar-refractivity contribution in [2.75, 3.05) is 6.54 Å². The third-order valence-electron chi connectivity index (χ3n) is 2.56. The van der Waals surface area contributed by atoms with Crippen molar-refractivity contribution in [3.8, 4) is 0 Å². The zero-order valence-electron chi connectivity index (χ0n) is 9.11. The summed E-state index contributed by atoms with van der Waals surface area (Å²) in [6, 6.07) is 0.106. The van der Waals surface area contributed by atoms with Crippen LogP contribution in [0.5, 0.6) is 0 Å². The van der Waals surface area contributed by atoms with Crippen LogP contribution in [-0.2, 0) is 9.53 Å². The van der Waals surface area contributed by atoms with Gasteiger partial charge in [-0.25, -0.2) is 4.79 Å². The molecule has 80 valence electrons. The van der Waals surface area contributed by atoms with Gasteiger partial charge in [0.1, 0.15) is 0 Å². The minimum atomic E-state index is -0.620. The van der Waals surface area contributed by atoms with Crippen molar-refractivity contribution in [3.63, 3.8) is 0 Å². The number of hydrogen-bond donors (Lipinski definition) is 0. The third-order valence-corrected chi connectivity index (χ3v) is 2.56. The summed E-state index contributed by atoms with van der Waals surface area (Å²) in [5.74, 6) is 0. The van der Waals surface area contributed by atoms with Crippen LogP contribution in [0.2, 0.25) is 0 Å². The SMILES string of the molecule is CC(C)N1CC(C)(C)[C@@H](C=O)OC1=O. The number of ether oxygens (including phenoxy) is 1. The van der Waals surface area contributed by atoms with Crippen LogP contribution < -0.4 is 0 Å². The van der Waals surface area contributed by atoms with Crippen LogP contribution in [0.25, 0.3) is 0 Å². The van der Waals surface area contributed by atoms with Gasteiger partial charge in [-0.1, -0.05) is 13.8 Å². The van der Waals surface area contributed by atoms with Gasteiger partial charge in [-0.3, -0.25) is 4.79 Å². The molecule has 4 nitrogen and oxygen atoms in total. The van der Waals surface area contributed by atoms with Crippen LogP contribution in [0, 0.1) is 5.41 Å². The maximum absolute atomic E-state index is 11.4. The van der Waals surface area contributed by atoms with E-state index in [0.717, 1.165) is 0 Å². The molecule has 0 N–H and O–H groups in total. The van der Waals surface area contributed by atoms with Crippen molar-refractivity contribution in [2.45, 2.75) is 39.8 Å². The molecule has 0 aromatic rings. The van der Waals surface area contributed by atoms with E-state index in [1.54, 1.807) is 4.90 Å². The predicted octanol–water partition coefficient (Wildman–Crippen LogP) is 1.44. The number of aldehydes is 1. The number of rotatable bonds is 2. The first-order valence-corrected chi connectivity index (χ1v) is 4.81. The van der Waals surface area contributed by atoms with Crippen molar-refractivity contribution in [1.29, 1.82) is 0 Å². The molecule has 0 bridgehead atoms. The third kappa shape index (κ3) is 1.89. The van der Waals surface area contributed by atoms with Gasteiger partial charge in [-0.05, 0) is 13.8 Å². The molecule has 1 rings (SSSR count). The molecular formula is C10H17NO3. The highest BCUT2D eigenvalue weighted by Gasteiger charge is 2.42. The van der Waals surface area contributed by atoms with Crippen molar-refractivity contribution >= 4 is 12.4 Å². The summed E-state index contributed by atoms with van der Waals surface area (Å²) in [6.45, 7) is 8.27. The molecule has 0 aliphatic carbocycles. The molecule has 14 heavy (non-hydrogen) atoms. The Morgan fingerprint density at radius 1 is 1.57 bits per heavy atom. The van der Waals surface area contributed by atoms with Crippen molar-refractivity contribution in [3.05, 3.63) is 0 Å². The standard InChI is InChI=1S/C10H17NO3/c1-7(2)11-6-10(3,4)8(5-12)14-9(11)13/h5,7-8H,6H2,1-4H3/t8-/m1/s1. The fourth-order valence-corrected chi connectivity index (χ4v) is 1.53. The van der Waals surface area contributed by atoms with E-state index >= 15 is 0 Å². The van der Waals surface area contributed by atoms with Gasteiger partial charge in [0.25, 0.3) is 0 Å². The zero-order chi connectivity index (χ0) is 10.9. The number of carbonyl (C=O) groups is 2. The molecule has 1 fully saturated rings. The molecule has 0 unspecified atom stereocenters. The Bertz CT molecular complexity index is 248. The highest BCUT2D eigenvalue weighted by molar-refractivity contribution is 5.73. The summed E-state index contributed by atoms with van der Waals surface area (Å²) in [7, 11) is 0. The molecule has 0 aromatic carbocycles. The van der Waals surface area contributed by atoms with E-state index in [4.69, 9.17) is 4.74 Å². The summed E-state index contributed by atoms with van der Waals surface area (Å²) in [5.41, 5.74) is -0.306. The van der Waals surface area contributed by atoms with Crippen LogP contribution >= 0.6 is 0 Å². The number of amides is 1. The molecule has 1 heterocycles. The molecule has 1 aliphatic rings. The zero-order valence-corrected chi connectivity index (χ0v) is 9.11. The van der Waals surface area contributed by atoms with Gasteiger partial charge in [-0.15, -0.1) is 0 Å². The molecule has 0 aromatic heterocycles. The Hall–Kier alpha value is -1.06. The van der Waals surface area contributed by atoms with Crippen LogP contribution in [0.4, 0.5) is 4.79 Å². The fourth-order valence-electron chi connectivity index (χ4n) is 1.53. The molecule has 4 heteroatoms. The second-order valence-corrected chi connectivity index (χ2v) is 4.65. The molecule has 0 saturated carbocycles. The second-order valence-electron chi connectivity index (χ2n) is 4.65. The minimum Gasteiger partial charge on any atom is -0.438 e. The summed E-state index contributed by atoms with van der Waals surface area (Å²) in [6.07, 6.45) is -0.309. The first-order chi connectivity index (χ1) is 6.38. The molecule has 1 atom stereocenters. The maximum atomic E-state index is 11.4. The quantitative estimate of drug-likeness (QED) is 0.632. The van der Waals surface area contributed by atoms with Crippen LogP contribution in [0.3, 0.4) is 0 Å². The van der Waals surface area contributed by atoms with Gasteiger partial charge in [0.15, 0.2) is 12.4 Å².